The number of amides is 2. The van der Waals surface area contributed by atoms with E-state index in [1.165, 1.54) is 35.9 Å². The second kappa shape index (κ2) is 11.4. The van der Waals surface area contributed by atoms with Gasteiger partial charge < -0.3 is 15.1 Å². The summed E-state index contributed by atoms with van der Waals surface area (Å²) in [4.78, 5) is 30.3. The van der Waals surface area contributed by atoms with Crippen molar-refractivity contribution in [1.29, 1.82) is 0 Å². The molecular weight excluding hydrogens is 462 g/mol. The molecule has 1 aromatic carbocycles. The SMILES string of the molecule is CCSc1ccccc1C(=O)N1CCN(c2nnc(SCC(=O)NC3CCCC3)s2)CC1. The first-order chi connectivity index (χ1) is 15.6. The van der Waals surface area contributed by atoms with E-state index in [1.54, 1.807) is 11.8 Å². The monoisotopic (exact) mass is 491 g/mol. The summed E-state index contributed by atoms with van der Waals surface area (Å²) in [6.45, 7) is 4.89. The minimum atomic E-state index is 0.0762. The molecule has 2 aliphatic rings. The van der Waals surface area contributed by atoms with Gasteiger partial charge in [-0.05, 0) is 30.7 Å². The van der Waals surface area contributed by atoms with Gasteiger partial charge in [0.25, 0.3) is 5.91 Å². The van der Waals surface area contributed by atoms with Crippen LogP contribution in [0.15, 0.2) is 33.5 Å². The van der Waals surface area contributed by atoms with Gasteiger partial charge in [-0.1, -0.05) is 55.0 Å². The lowest BCUT2D eigenvalue weighted by Crippen LogP contribution is -2.48. The predicted octanol–water partition coefficient (Wildman–Crippen LogP) is 3.76. The highest BCUT2D eigenvalue weighted by Crippen LogP contribution is 2.29. The predicted molar refractivity (Wildman–Crippen MR) is 132 cm³/mol. The van der Waals surface area contributed by atoms with Gasteiger partial charge in [-0.25, -0.2) is 0 Å². The third-order valence-corrected chi connectivity index (χ3v) is 8.77. The van der Waals surface area contributed by atoms with Crippen molar-refractivity contribution in [3.63, 3.8) is 0 Å². The van der Waals surface area contributed by atoms with E-state index in [4.69, 9.17) is 0 Å². The molecule has 2 heterocycles. The number of nitrogens with one attached hydrogen (secondary N) is 1. The molecule has 0 spiro atoms. The Bertz CT molecular complexity index is 924. The van der Waals surface area contributed by atoms with Gasteiger partial charge in [0, 0.05) is 37.1 Å². The topological polar surface area (TPSA) is 78.4 Å². The molecule has 172 valence electrons. The van der Waals surface area contributed by atoms with E-state index in [9.17, 15) is 9.59 Å². The largest absolute Gasteiger partial charge is 0.353 e. The summed E-state index contributed by atoms with van der Waals surface area (Å²) < 4.78 is 0.811. The number of hydrogen-bond donors (Lipinski definition) is 1. The van der Waals surface area contributed by atoms with Gasteiger partial charge in [-0.3, -0.25) is 9.59 Å². The highest BCUT2D eigenvalue weighted by Gasteiger charge is 2.25. The summed E-state index contributed by atoms with van der Waals surface area (Å²) in [5.41, 5.74) is 0.790. The number of piperazine rings is 1. The zero-order valence-corrected chi connectivity index (χ0v) is 20.7. The fourth-order valence-corrected chi connectivity index (χ4v) is 6.55. The molecular formula is C22H29N5O2S3. The number of nitrogens with zero attached hydrogens (tertiary/aromatic N) is 4. The van der Waals surface area contributed by atoms with E-state index in [1.807, 2.05) is 29.2 Å². The van der Waals surface area contributed by atoms with Gasteiger partial charge in [-0.15, -0.1) is 22.0 Å². The average Bonchev–Trinajstić information content (AvgIpc) is 3.50. The summed E-state index contributed by atoms with van der Waals surface area (Å²) in [5.74, 6) is 1.50. The van der Waals surface area contributed by atoms with Crippen LogP contribution < -0.4 is 10.2 Å². The maximum absolute atomic E-state index is 13.0. The molecule has 1 saturated carbocycles. The molecule has 1 aromatic heterocycles. The smallest absolute Gasteiger partial charge is 0.255 e. The number of carbonyl (C=O) groups is 2. The molecule has 1 aliphatic heterocycles. The molecule has 7 nitrogen and oxygen atoms in total. The van der Waals surface area contributed by atoms with Gasteiger partial charge in [0.15, 0.2) is 4.34 Å². The Hall–Kier alpha value is -1.78. The second-order valence-electron chi connectivity index (χ2n) is 7.90. The van der Waals surface area contributed by atoms with E-state index in [0.29, 0.717) is 24.9 Å². The lowest BCUT2D eigenvalue weighted by atomic mass is 10.2. The first-order valence-corrected chi connectivity index (χ1v) is 13.9. The van der Waals surface area contributed by atoms with E-state index < -0.39 is 0 Å². The van der Waals surface area contributed by atoms with Crippen molar-refractivity contribution in [1.82, 2.24) is 20.4 Å². The standard InChI is InChI=1S/C22H29N5O2S3/c1-2-30-18-10-6-5-9-17(18)20(29)26-11-13-27(14-12-26)21-24-25-22(32-21)31-15-19(28)23-16-7-3-4-8-16/h5-6,9-10,16H,2-4,7-8,11-15H2,1H3,(H,23,28). The third kappa shape index (κ3) is 5.96. The number of hydrogen-bond acceptors (Lipinski definition) is 8. The normalized spacial score (nSPS) is 17.0. The maximum atomic E-state index is 13.0. The van der Waals surface area contributed by atoms with Crippen LogP contribution in [0.5, 0.6) is 0 Å². The average molecular weight is 492 g/mol. The van der Waals surface area contributed by atoms with Crippen molar-refractivity contribution in [2.24, 2.45) is 0 Å². The Morgan fingerprint density at radius 3 is 2.59 bits per heavy atom. The summed E-state index contributed by atoms with van der Waals surface area (Å²) in [7, 11) is 0. The van der Waals surface area contributed by atoms with Crippen LogP contribution in [0, 0.1) is 0 Å². The van der Waals surface area contributed by atoms with Crippen LogP contribution in [0.2, 0.25) is 0 Å². The van der Waals surface area contributed by atoms with Crippen LogP contribution in [0.3, 0.4) is 0 Å². The lowest BCUT2D eigenvalue weighted by Gasteiger charge is -2.34. The number of anilines is 1. The zero-order chi connectivity index (χ0) is 22.3. The van der Waals surface area contributed by atoms with Crippen molar-refractivity contribution in [2.45, 2.75) is 47.9 Å². The zero-order valence-electron chi connectivity index (χ0n) is 18.3. The molecule has 2 aromatic rings. The minimum Gasteiger partial charge on any atom is -0.353 e. The van der Waals surface area contributed by atoms with Gasteiger partial charge in [0.05, 0.1) is 11.3 Å². The highest BCUT2D eigenvalue weighted by molar-refractivity contribution is 8.01. The Balaban J connectivity index is 1.26. The highest BCUT2D eigenvalue weighted by atomic mass is 32.2. The minimum absolute atomic E-state index is 0.0762. The molecule has 32 heavy (non-hydrogen) atoms. The summed E-state index contributed by atoms with van der Waals surface area (Å²) in [6.07, 6.45) is 4.61. The van der Waals surface area contributed by atoms with Crippen LogP contribution >= 0.6 is 34.9 Å². The molecule has 1 N–H and O–H groups in total. The molecule has 4 rings (SSSR count). The third-order valence-electron chi connectivity index (χ3n) is 5.70. The number of benzene rings is 1. The van der Waals surface area contributed by atoms with Crippen LogP contribution in [0.1, 0.15) is 43.0 Å². The fourth-order valence-electron chi connectivity index (χ4n) is 4.05. The van der Waals surface area contributed by atoms with Crippen LogP contribution in [-0.4, -0.2) is 70.6 Å². The van der Waals surface area contributed by atoms with Crippen molar-refractivity contribution in [3.05, 3.63) is 29.8 Å². The number of aromatic nitrogens is 2. The van der Waals surface area contributed by atoms with Gasteiger partial charge in [0.1, 0.15) is 0 Å². The van der Waals surface area contributed by atoms with Crippen molar-refractivity contribution >= 4 is 51.8 Å². The number of thioether (sulfide) groups is 2. The Morgan fingerprint density at radius 1 is 1.09 bits per heavy atom. The van der Waals surface area contributed by atoms with E-state index in [0.717, 1.165) is 51.6 Å². The van der Waals surface area contributed by atoms with Gasteiger partial charge in [0.2, 0.25) is 11.0 Å². The Morgan fingerprint density at radius 2 is 1.84 bits per heavy atom. The van der Waals surface area contributed by atoms with E-state index in [2.05, 4.69) is 27.3 Å². The first kappa shape index (κ1) is 23.4. The quantitative estimate of drug-likeness (QED) is 0.563. The van der Waals surface area contributed by atoms with Crippen molar-refractivity contribution in [2.75, 3.05) is 42.6 Å². The summed E-state index contributed by atoms with van der Waals surface area (Å²) in [5, 5.41) is 12.5. The molecule has 1 saturated heterocycles. The van der Waals surface area contributed by atoms with E-state index in [-0.39, 0.29) is 11.8 Å². The van der Waals surface area contributed by atoms with Crippen molar-refractivity contribution < 1.29 is 9.59 Å². The molecule has 0 bridgehead atoms. The molecule has 0 radical (unpaired) electrons. The van der Waals surface area contributed by atoms with Crippen LogP contribution in [0.25, 0.3) is 0 Å². The number of carbonyl (C=O) groups excluding carboxylic acids is 2. The summed E-state index contributed by atoms with van der Waals surface area (Å²) >= 11 is 4.67. The van der Waals surface area contributed by atoms with Gasteiger partial charge in [-0.2, -0.15) is 0 Å². The molecule has 10 heteroatoms. The van der Waals surface area contributed by atoms with E-state index >= 15 is 0 Å². The maximum Gasteiger partial charge on any atom is 0.255 e. The molecule has 2 amide bonds. The Kier molecular flexibility index (Phi) is 8.31. The fraction of sp³-hybridized carbons (Fsp3) is 0.545. The summed E-state index contributed by atoms with van der Waals surface area (Å²) in [6, 6.07) is 8.20. The Labute approximate surface area is 201 Å². The van der Waals surface area contributed by atoms with Crippen molar-refractivity contribution in [3.8, 4) is 0 Å². The molecule has 1 aliphatic carbocycles. The molecule has 0 unspecified atom stereocenters. The lowest BCUT2D eigenvalue weighted by molar-refractivity contribution is -0.119. The van der Waals surface area contributed by atoms with Crippen LogP contribution in [0.4, 0.5) is 5.13 Å². The molecule has 0 atom stereocenters. The van der Waals surface area contributed by atoms with Gasteiger partial charge >= 0.3 is 0 Å². The first-order valence-electron chi connectivity index (χ1n) is 11.2. The van der Waals surface area contributed by atoms with Crippen LogP contribution in [-0.2, 0) is 4.79 Å². The number of rotatable bonds is 8. The molecule has 2 fully saturated rings. The second-order valence-corrected chi connectivity index (χ2v) is 11.4.